The lowest BCUT2D eigenvalue weighted by Crippen LogP contribution is -2.29. The molecule has 3 nitrogen and oxygen atoms in total. The van der Waals surface area contributed by atoms with Gasteiger partial charge in [-0.2, -0.15) is 0 Å². The maximum atomic E-state index is 13.4. The second-order valence-electron chi connectivity index (χ2n) is 5.42. The van der Waals surface area contributed by atoms with E-state index in [-0.39, 0.29) is 5.82 Å². The minimum absolute atomic E-state index is 0.197. The minimum Gasteiger partial charge on any atom is -0.381 e. The highest BCUT2D eigenvalue weighted by Crippen LogP contribution is 2.17. The maximum absolute atomic E-state index is 13.4. The van der Waals surface area contributed by atoms with Gasteiger partial charge in [-0.15, -0.1) is 0 Å². The molecule has 2 N–H and O–H groups in total. The van der Waals surface area contributed by atoms with Crippen molar-refractivity contribution in [2.24, 2.45) is 11.7 Å². The molecule has 1 fully saturated rings. The Morgan fingerprint density at radius 2 is 1.95 bits per heavy atom. The molecule has 1 aromatic rings. The van der Waals surface area contributed by atoms with Crippen molar-refractivity contribution >= 4 is 0 Å². The van der Waals surface area contributed by atoms with E-state index in [1.165, 1.54) is 6.07 Å². The normalized spacial score (nSPS) is 17.1. The monoisotopic (exact) mass is 266 g/mol. The highest BCUT2D eigenvalue weighted by Gasteiger charge is 2.16. The van der Waals surface area contributed by atoms with Crippen LogP contribution in [0.3, 0.4) is 0 Å². The van der Waals surface area contributed by atoms with Gasteiger partial charge in [0.1, 0.15) is 5.82 Å². The molecule has 0 spiro atoms. The van der Waals surface area contributed by atoms with E-state index >= 15 is 0 Å². The Hall–Kier alpha value is -0.970. The molecule has 1 aliphatic rings. The average Bonchev–Trinajstić information content (AvgIpc) is 2.38. The summed E-state index contributed by atoms with van der Waals surface area (Å²) in [4.78, 5) is 2.26. The van der Waals surface area contributed by atoms with Crippen LogP contribution in [0.5, 0.6) is 0 Å². The Morgan fingerprint density at radius 3 is 2.63 bits per heavy atom. The van der Waals surface area contributed by atoms with Gasteiger partial charge in [-0.1, -0.05) is 6.07 Å². The molecule has 1 aromatic carbocycles. The number of halogens is 1. The van der Waals surface area contributed by atoms with Crippen LogP contribution < -0.4 is 5.73 Å². The summed E-state index contributed by atoms with van der Waals surface area (Å²) >= 11 is 0. The number of hydrogen-bond donors (Lipinski definition) is 1. The van der Waals surface area contributed by atoms with Crippen molar-refractivity contribution < 1.29 is 9.13 Å². The minimum atomic E-state index is -0.197. The van der Waals surface area contributed by atoms with Crippen LogP contribution in [0.25, 0.3) is 0 Å². The fraction of sp³-hybridized carbons (Fsp3) is 0.600. The smallest absolute Gasteiger partial charge is 0.123 e. The van der Waals surface area contributed by atoms with Gasteiger partial charge < -0.3 is 15.4 Å². The van der Waals surface area contributed by atoms with Gasteiger partial charge in [-0.25, -0.2) is 4.39 Å². The topological polar surface area (TPSA) is 38.5 Å². The number of nitrogens with zero attached hydrogens (tertiary/aromatic N) is 1. The second kappa shape index (κ2) is 6.98. The summed E-state index contributed by atoms with van der Waals surface area (Å²) in [6, 6.07) is 5.09. The lowest BCUT2D eigenvalue weighted by Gasteiger charge is -2.27. The predicted octanol–water partition coefficient (Wildman–Crippen LogP) is 2.14. The third kappa shape index (κ3) is 4.56. The first-order valence-corrected chi connectivity index (χ1v) is 6.92. The van der Waals surface area contributed by atoms with E-state index < -0.39 is 0 Å². The van der Waals surface area contributed by atoms with E-state index in [2.05, 4.69) is 11.9 Å². The molecule has 2 rings (SSSR count). The van der Waals surface area contributed by atoms with Crippen molar-refractivity contribution in [2.45, 2.75) is 25.9 Å². The first-order chi connectivity index (χ1) is 9.17. The molecule has 0 unspecified atom stereocenters. The summed E-state index contributed by atoms with van der Waals surface area (Å²) in [6.07, 6.45) is 2.25. The SMILES string of the molecule is CN(Cc1cc(F)cc(CN)c1)CC1CCOCC1. The summed E-state index contributed by atoms with van der Waals surface area (Å²) < 4.78 is 18.8. The van der Waals surface area contributed by atoms with Crippen molar-refractivity contribution in [3.05, 3.63) is 35.1 Å². The third-order valence-electron chi connectivity index (χ3n) is 3.62. The molecule has 0 atom stereocenters. The molecule has 0 aromatic heterocycles. The fourth-order valence-electron chi connectivity index (χ4n) is 2.67. The third-order valence-corrected chi connectivity index (χ3v) is 3.62. The van der Waals surface area contributed by atoms with Crippen LogP contribution in [-0.2, 0) is 17.8 Å². The van der Waals surface area contributed by atoms with Crippen LogP contribution in [0.15, 0.2) is 18.2 Å². The highest BCUT2D eigenvalue weighted by atomic mass is 19.1. The van der Waals surface area contributed by atoms with Gasteiger partial charge >= 0.3 is 0 Å². The van der Waals surface area contributed by atoms with Crippen LogP contribution in [0, 0.1) is 11.7 Å². The van der Waals surface area contributed by atoms with E-state index in [0.717, 1.165) is 50.3 Å². The number of nitrogens with two attached hydrogens (primary N) is 1. The quantitative estimate of drug-likeness (QED) is 0.887. The number of ether oxygens (including phenoxy) is 1. The van der Waals surface area contributed by atoms with Crippen molar-refractivity contribution in [1.29, 1.82) is 0 Å². The molecule has 1 saturated heterocycles. The molecule has 1 aliphatic heterocycles. The second-order valence-corrected chi connectivity index (χ2v) is 5.42. The Balaban J connectivity index is 1.90. The zero-order valence-corrected chi connectivity index (χ0v) is 11.6. The van der Waals surface area contributed by atoms with Crippen LogP contribution in [0.4, 0.5) is 4.39 Å². The van der Waals surface area contributed by atoms with Gasteiger partial charge in [0.05, 0.1) is 0 Å². The Bertz CT molecular complexity index is 405. The van der Waals surface area contributed by atoms with E-state index in [4.69, 9.17) is 10.5 Å². The van der Waals surface area contributed by atoms with Crippen LogP contribution >= 0.6 is 0 Å². The molecule has 19 heavy (non-hydrogen) atoms. The van der Waals surface area contributed by atoms with Gasteiger partial charge in [0.15, 0.2) is 0 Å². The first kappa shape index (κ1) is 14.4. The van der Waals surface area contributed by atoms with Crippen molar-refractivity contribution in [3.63, 3.8) is 0 Å². The van der Waals surface area contributed by atoms with Crippen LogP contribution in [0.1, 0.15) is 24.0 Å². The largest absolute Gasteiger partial charge is 0.381 e. The van der Waals surface area contributed by atoms with E-state index in [1.807, 2.05) is 6.07 Å². The molecule has 4 heteroatoms. The zero-order valence-electron chi connectivity index (χ0n) is 11.6. The molecule has 0 aliphatic carbocycles. The van der Waals surface area contributed by atoms with Crippen molar-refractivity contribution in [2.75, 3.05) is 26.8 Å². The number of benzene rings is 1. The lowest BCUT2D eigenvalue weighted by molar-refractivity contribution is 0.0549. The summed E-state index contributed by atoms with van der Waals surface area (Å²) in [7, 11) is 2.09. The van der Waals surface area contributed by atoms with Gasteiger partial charge in [0.25, 0.3) is 0 Å². The Morgan fingerprint density at radius 1 is 1.26 bits per heavy atom. The molecule has 0 saturated carbocycles. The molecule has 0 amide bonds. The predicted molar refractivity (Wildman–Crippen MR) is 74.2 cm³/mol. The van der Waals surface area contributed by atoms with Gasteiger partial charge in [0, 0.05) is 32.8 Å². The molecule has 1 heterocycles. The lowest BCUT2D eigenvalue weighted by atomic mass is 9.99. The summed E-state index contributed by atoms with van der Waals surface area (Å²) in [6.45, 7) is 3.93. The van der Waals surface area contributed by atoms with E-state index in [0.29, 0.717) is 12.5 Å². The summed E-state index contributed by atoms with van der Waals surface area (Å²) in [5, 5.41) is 0. The Labute approximate surface area is 114 Å². The molecular weight excluding hydrogens is 243 g/mol. The van der Waals surface area contributed by atoms with Crippen LogP contribution in [-0.4, -0.2) is 31.7 Å². The van der Waals surface area contributed by atoms with Gasteiger partial charge in [-0.3, -0.25) is 0 Å². The van der Waals surface area contributed by atoms with Crippen LogP contribution in [0.2, 0.25) is 0 Å². The number of hydrogen-bond acceptors (Lipinski definition) is 3. The molecule has 0 bridgehead atoms. The van der Waals surface area contributed by atoms with E-state index in [9.17, 15) is 4.39 Å². The van der Waals surface area contributed by atoms with E-state index in [1.54, 1.807) is 6.07 Å². The van der Waals surface area contributed by atoms with Gasteiger partial charge in [-0.05, 0) is 49.1 Å². The maximum Gasteiger partial charge on any atom is 0.123 e. The Kier molecular flexibility index (Phi) is 5.31. The van der Waals surface area contributed by atoms with Gasteiger partial charge in [0.2, 0.25) is 0 Å². The standard InChI is InChI=1S/C15H23FN2O/c1-18(10-12-2-4-19-5-3-12)11-14-6-13(9-17)7-15(16)8-14/h6-8,12H,2-5,9-11,17H2,1H3. The fourth-order valence-corrected chi connectivity index (χ4v) is 2.67. The highest BCUT2D eigenvalue weighted by molar-refractivity contribution is 5.24. The summed E-state index contributed by atoms with van der Waals surface area (Å²) in [5.74, 6) is 0.499. The first-order valence-electron chi connectivity index (χ1n) is 6.92. The molecular formula is C15H23FN2O. The average molecular weight is 266 g/mol. The van der Waals surface area contributed by atoms with Crippen molar-refractivity contribution in [1.82, 2.24) is 4.90 Å². The zero-order chi connectivity index (χ0) is 13.7. The molecule has 106 valence electrons. The molecule has 0 radical (unpaired) electrons. The summed E-state index contributed by atoms with van der Waals surface area (Å²) in [5.41, 5.74) is 7.43. The van der Waals surface area contributed by atoms with Crippen molar-refractivity contribution in [3.8, 4) is 0 Å². The number of rotatable bonds is 5.